The summed E-state index contributed by atoms with van der Waals surface area (Å²) < 4.78 is 0. The number of halogens is 2. The van der Waals surface area contributed by atoms with Crippen LogP contribution in [0.1, 0.15) is 29.8 Å². The first-order chi connectivity index (χ1) is 12.6. The van der Waals surface area contributed by atoms with Crippen molar-refractivity contribution in [3.05, 3.63) is 57.6 Å². The molecule has 0 spiro atoms. The maximum Gasteiger partial charge on any atom is 0.251 e. The van der Waals surface area contributed by atoms with E-state index in [1.165, 1.54) is 0 Å². The smallest absolute Gasteiger partial charge is 0.251 e. The highest BCUT2D eigenvalue weighted by molar-refractivity contribution is 6.42. The van der Waals surface area contributed by atoms with Crippen molar-refractivity contribution in [1.29, 1.82) is 0 Å². The van der Waals surface area contributed by atoms with Crippen LogP contribution in [0.25, 0.3) is 0 Å². The number of carbonyl (C=O) groups is 2. The third-order valence-corrected chi connectivity index (χ3v) is 4.98. The summed E-state index contributed by atoms with van der Waals surface area (Å²) in [6, 6.07) is 9.24. The molecule has 1 heterocycles. The van der Waals surface area contributed by atoms with Gasteiger partial charge in [-0.1, -0.05) is 29.3 Å². The van der Waals surface area contributed by atoms with Gasteiger partial charge in [-0.25, -0.2) is 0 Å². The van der Waals surface area contributed by atoms with Crippen molar-refractivity contribution >= 4 is 46.4 Å². The van der Waals surface area contributed by atoms with Crippen LogP contribution in [0.5, 0.6) is 0 Å². The number of fused-ring (bicyclic) bond motifs is 1. The van der Waals surface area contributed by atoms with Crippen LogP contribution >= 0.6 is 23.2 Å². The number of hydrogen-bond acceptors (Lipinski definition) is 4. The number of rotatable bonds is 4. The molecule has 1 unspecified atom stereocenters. The molecular weight excluding hydrogens is 389 g/mol. The molecule has 142 valence electrons. The summed E-state index contributed by atoms with van der Waals surface area (Å²) in [7, 11) is 0. The second kappa shape index (κ2) is 7.38. The molecular formula is C19H19Cl2N3O3. The van der Waals surface area contributed by atoms with Gasteiger partial charge < -0.3 is 21.1 Å². The molecule has 0 aliphatic carbocycles. The van der Waals surface area contributed by atoms with E-state index >= 15 is 0 Å². The quantitative estimate of drug-likeness (QED) is 0.624. The Morgan fingerprint density at radius 2 is 1.89 bits per heavy atom. The van der Waals surface area contributed by atoms with Crippen LogP contribution in [-0.2, 0) is 11.3 Å². The molecule has 3 rings (SSSR count). The Bertz CT molecular complexity index is 910. The van der Waals surface area contributed by atoms with Crippen LogP contribution in [0.2, 0.25) is 10.0 Å². The van der Waals surface area contributed by atoms with Crippen molar-refractivity contribution in [3.8, 4) is 0 Å². The first kappa shape index (κ1) is 19.5. The summed E-state index contributed by atoms with van der Waals surface area (Å²) in [5, 5.41) is 19.6. The van der Waals surface area contributed by atoms with Gasteiger partial charge in [0.1, 0.15) is 6.04 Å². The Morgan fingerprint density at radius 1 is 1.15 bits per heavy atom. The van der Waals surface area contributed by atoms with E-state index < -0.39 is 11.6 Å². The third kappa shape index (κ3) is 4.35. The van der Waals surface area contributed by atoms with Gasteiger partial charge in [-0.2, -0.15) is 0 Å². The van der Waals surface area contributed by atoms with E-state index in [1.807, 2.05) is 0 Å². The van der Waals surface area contributed by atoms with Gasteiger partial charge in [-0.3, -0.25) is 9.59 Å². The Hall–Kier alpha value is -2.28. The molecule has 1 aliphatic rings. The van der Waals surface area contributed by atoms with Crippen LogP contribution in [-0.4, -0.2) is 28.6 Å². The average molecular weight is 408 g/mol. The Balaban J connectivity index is 1.73. The maximum atomic E-state index is 12.5. The van der Waals surface area contributed by atoms with Gasteiger partial charge in [0, 0.05) is 12.1 Å². The summed E-state index contributed by atoms with van der Waals surface area (Å²) >= 11 is 11.9. The lowest BCUT2D eigenvalue weighted by atomic mass is 9.95. The number of amides is 2. The van der Waals surface area contributed by atoms with Crippen molar-refractivity contribution in [1.82, 2.24) is 5.32 Å². The normalized spacial score (nSPS) is 16.2. The lowest BCUT2D eigenvalue weighted by Gasteiger charge is -2.34. The SMILES string of the molecule is CC(C)(O)C1Nc2cc(C(=O)NCc3ccc(Cl)c(Cl)c3)ccc2NC1=O. The lowest BCUT2D eigenvalue weighted by molar-refractivity contribution is -0.121. The van der Waals surface area contributed by atoms with Gasteiger partial charge in [0.2, 0.25) is 5.91 Å². The van der Waals surface area contributed by atoms with Crippen LogP contribution < -0.4 is 16.0 Å². The molecule has 0 aromatic heterocycles. The molecule has 8 heteroatoms. The zero-order chi connectivity index (χ0) is 19.8. The Labute approximate surface area is 166 Å². The molecule has 27 heavy (non-hydrogen) atoms. The van der Waals surface area contributed by atoms with E-state index in [1.54, 1.807) is 50.2 Å². The van der Waals surface area contributed by atoms with Gasteiger partial charge in [0.25, 0.3) is 5.91 Å². The predicted octanol–water partition coefficient (Wildman–Crippen LogP) is 3.43. The average Bonchev–Trinajstić information content (AvgIpc) is 2.60. The minimum absolute atomic E-state index is 0.276. The van der Waals surface area contributed by atoms with Crippen LogP contribution in [0, 0.1) is 0 Å². The molecule has 1 aliphatic heterocycles. The zero-order valence-electron chi connectivity index (χ0n) is 14.8. The fourth-order valence-corrected chi connectivity index (χ4v) is 3.09. The van der Waals surface area contributed by atoms with E-state index in [0.29, 0.717) is 33.5 Å². The molecule has 4 N–H and O–H groups in total. The fraction of sp³-hybridized carbons (Fsp3) is 0.263. The lowest BCUT2D eigenvalue weighted by Crippen LogP contribution is -2.52. The van der Waals surface area contributed by atoms with E-state index in [0.717, 1.165) is 5.56 Å². The van der Waals surface area contributed by atoms with Crippen molar-refractivity contribution in [2.24, 2.45) is 0 Å². The standard InChI is InChI=1S/C19H19Cl2N3O3/c1-19(2,27)16-18(26)24-14-6-4-11(8-15(14)23-16)17(25)22-9-10-3-5-12(20)13(21)7-10/h3-8,16,23,27H,9H2,1-2H3,(H,22,25)(H,24,26). The highest BCUT2D eigenvalue weighted by Gasteiger charge is 2.37. The number of benzene rings is 2. The number of hydrogen-bond donors (Lipinski definition) is 4. The Kier molecular flexibility index (Phi) is 5.33. The van der Waals surface area contributed by atoms with E-state index in [-0.39, 0.29) is 11.8 Å². The predicted molar refractivity (Wildman–Crippen MR) is 106 cm³/mol. The van der Waals surface area contributed by atoms with E-state index in [4.69, 9.17) is 23.2 Å². The number of anilines is 2. The number of aliphatic hydroxyl groups is 1. The molecule has 0 fully saturated rings. The summed E-state index contributed by atoms with van der Waals surface area (Å²) in [5.41, 5.74) is 1.12. The first-order valence-corrected chi connectivity index (χ1v) is 9.06. The molecule has 6 nitrogen and oxygen atoms in total. The maximum absolute atomic E-state index is 12.5. The van der Waals surface area contributed by atoms with Crippen LogP contribution in [0.15, 0.2) is 36.4 Å². The molecule has 0 saturated carbocycles. The van der Waals surface area contributed by atoms with Gasteiger partial charge in [-0.15, -0.1) is 0 Å². The van der Waals surface area contributed by atoms with Crippen LogP contribution in [0.3, 0.4) is 0 Å². The monoisotopic (exact) mass is 407 g/mol. The van der Waals surface area contributed by atoms with Crippen molar-refractivity contribution in [2.45, 2.75) is 32.0 Å². The van der Waals surface area contributed by atoms with Gasteiger partial charge in [0.05, 0.1) is 27.0 Å². The first-order valence-electron chi connectivity index (χ1n) is 8.31. The molecule has 0 saturated heterocycles. The van der Waals surface area contributed by atoms with Crippen molar-refractivity contribution < 1.29 is 14.7 Å². The van der Waals surface area contributed by atoms with Crippen molar-refractivity contribution in [3.63, 3.8) is 0 Å². The minimum atomic E-state index is -1.26. The van der Waals surface area contributed by atoms with Gasteiger partial charge in [0.15, 0.2) is 0 Å². The number of carbonyl (C=O) groups excluding carboxylic acids is 2. The molecule has 0 bridgehead atoms. The molecule has 2 aromatic rings. The molecule has 0 radical (unpaired) electrons. The largest absolute Gasteiger partial charge is 0.388 e. The van der Waals surface area contributed by atoms with Gasteiger partial charge >= 0.3 is 0 Å². The molecule has 2 amide bonds. The highest BCUT2D eigenvalue weighted by atomic mass is 35.5. The highest BCUT2D eigenvalue weighted by Crippen LogP contribution is 2.30. The zero-order valence-corrected chi connectivity index (χ0v) is 16.3. The molecule has 2 aromatic carbocycles. The third-order valence-electron chi connectivity index (χ3n) is 4.25. The minimum Gasteiger partial charge on any atom is -0.388 e. The topological polar surface area (TPSA) is 90.5 Å². The number of nitrogens with one attached hydrogen (secondary N) is 3. The summed E-state index contributed by atoms with van der Waals surface area (Å²) in [4.78, 5) is 24.6. The second-order valence-corrected chi connectivity index (χ2v) is 7.73. The summed E-state index contributed by atoms with van der Waals surface area (Å²) in [6.07, 6.45) is 0. The van der Waals surface area contributed by atoms with E-state index in [2.05, 4.69) is 16.0 Å². The van der Waals surface area contributed by atoms with E-state index in [9.17, 15) is 14.7 Å². The van der Waals surface area contributed by atoms with Gasteiger partial charge in [-0.05, 0) is 49.7 Å². The Morgan fingerprint density at radius 3 is 2.56 bits per heavy atom. The van der Waals surface area contributed by atoms with Crippen LogP contribution in [0.4, 0.5) is 11.4 Å². The summed E-state index contributed by atoms with van der Waals surface area (Å²) in [6.45, 7) is 3.38. The fourth-order valence-electron chi connectivity index (χ4n) is 2.77. The molecule has 1 atom stereocenters. The van der Waals surface area contributed by atoms with Crippen molar-refractivity contribution in [2.75, 3.05) is 10.6 Å². The summed E-state index contributed by atoms with van der Waals surface area (Å²) in [5.74, 6) is -0.603. The second-order valence-electron chi connectivity index (χ2n) is 6.91.